The van der Waals surface area contributed by atoms with Crippen LogP contribution in [-0.2, 0) is 0 Å². The lowest BCUT2D eigenvalue weighted by atomic mass is 10.0. The molecule has 1 aromatic carbocycles. The van der Waals surface area contributed by atoms with E-state index in [9.17, 15) is 0 Å². The molecule has 0 spiro atoms. The fourth-order valence-electron chi connectivity index (χ4n) is 1.14. The van der Waals surface area contributed by atoms with E-state index in [1.165, 1.54) is 11.1 Å². The van der Waals surface area contributed by atoms with Crippen molar-refractivity contribution in [3.8, 4) is 0 Å². The van der Waals surface area contributed by atoms with E-state index in [1.807, 2.05) is 32.0 Å². The van der Waals surface area contributed by atoms with E-state index < -0.39 is 0 Å². The van der Waals surface area contributed by atoms with Crippen LogP contribution < -0.4 is 0 Å². The van der Waals surface area contributed by atoms with Gasteiger partial charge in [-0.15, -0.1) is 0 Å². The van der Waals surface area contributed by atoms with E-state index in [4.69, 9.17) is 0 Å². The van der Waals surface area contributed by atoms with Crippen molar-refractivity contribution in [3.63, 3.8) is 0 Å². The summed E-state index contributed by atoms with van der Waals surface area (Å²) in [5.41, 5.74) is 3.67. The molecular formula is C15H22. The second-order valence-electron chi connectivity index (χ2n) is 3.24. The molecule has 0 aromatic heterocycles. The molecule has 15 heavy (non-hydrogen) atoms. The van der Waals surface area contributed by atoms with Crippen LogP contribution in [0.15, 0.2) is 48.6 Å². The van der Waals surface area contributed by atoms with Crippen molar-refractivity contribution in [2.45, 2.75) is 34.1 Å². The molecule has 1 aromatic rings. The van der Waals surface area contributed by atoms with Crippen molar-refractivity contribution < 1.29 is 0 Å². The van der Waals surface area contributed by atoms with E-state index in [1.54, 1.807) is 0 Å². The smallest absolute Gasteiger partial charge is 0.0190 e. The van der Waals surface area contributed by atoms with Gasteiger partial charge in [-0.25, -0.2) is 0 Å². The Balaban J connectivity index is 0.000000921. The zero-order valence-corrected chi connectivity index (χ0v) is 10.4. The van der Waals surface area contributed by atoms with Crippen molar-refractivity contribution >= 4 is 5.57 Å². The van der Waals surface area contributed by atoms with Crippen LogP contribution >= 0.6 is 0 Å². The van der Waals surface area contributed by atoms with Crippen LogP contribution in [0.2, 0.25) is 0 Å². The number of hydrogen-bond acceptors (Lipinski definition) is 0. The largest absolute Gasteiger partial charge is 0.0912 e. The predicted molar refractivity (Wildman–Crippen MR) is 70.9 cm³/mol. The van der Waals surface area contributed by atoms with Crippen molar-refractivity contribution in [2.24, 2.45) is 0 Å². The Hall–Kier alpha value is -1.30. The Bertz CT molecular complexity index is 304. The Morgan fingerprint density at radius 1 is 1.20 bits per heavy atom. The molecule has 0 fully saturated rings. The maximum atomic E-state index is 4.04. The average molecular weight is 202 g/mol. The van der Waals surface area contributed by atoms with Crippen molar-refractivity contribution in [2.75, 3.05) is 0 Å². The third-order valence-corrected chi connectivity index (χ3v) is 2.12. The van der Waals surface area contributed by atoms with Crippen LogP contribution in [-0.4, -0.2) is 0 Å². The first-order valence-corrected chi connectivity index (χ1v) is 5.65. The first kappa shape index (κ1) is 13.7. The van der Waals surface area contributed by atoms with E-state index in [2.05, 4.69) is 38.6 Å². The molecule has 0 radical (unpaired) electrons. The Morgan fingerprint density at radius 2 is 1.73 bits per heavy atom. The van der Waals surface area contributed by atoms with Gasteiger partial charge in [0, 0.05) is 0 Å². The summed E-state index contributed by atoms with van der Waals surface area (Å²) in [5, 5.41) is 0. The topological polar surface area (TPSA) is 0 Å². The number of benzene rings is 1. The lowest BCUT2D eigenvalue weighted by Gasteiger charge is -2.01. The summed E-state index contributed by atoms with van der Waals surface area (Å²) < 4.78 is 0. The minimum Gasteiger partial charge on any atom is -0.0912 e. The summed E-state index contributed by atoms with van der Waals surface area (Å²) >= 11 is 0. The third kappa shape index (κ3) is 5.21. The van der Waals surface area contributed by atoms with Crippen LogP contribution in [0.3, 0.4) is 0 Å². The zero-order chi connectivity index (χ0) is 11.7. The first-order valence-electron chi connectivity index (χ1n) is 5.65. The molecule has 0 amide bonds. The van der Waals surface area contributed by atoms with Crippen molar-refractivity contribution in [1.29, 1.82) is 0 Å². The Morgan fingerprint density at radius 3 is 2.20 bits per heavy atom. The minimum absolute atomic E-state index is 1.09. The van der Waals surface area contributed by atoms with E-state index >= 15 is 0 Å². The minimum atomic E-state index is 1.09. The van der Waals surface area contributed by atoms with E-state index in [0.717, 1.165) is 12.0 Å². The fraction of sp³-hybridized carbons (Fsp3) is 0.333. The molecule has 0 aliphatic heterocycles. The van der Waals surface area contributed by atoms with Gasteiger partial charge in [0.1, 0.15) is 0 Å². The summed E-state index contributed by atoms with van der Waals surface area (Å²) in [6, 6.07) is 10.3. The van der Waals surface area contributed by atoms with Gasteiger partial charge in [-0.3, -0.25) is 0 Å². The normalized spacial score (nSPS) is 10.3. The standard InChI is InChI=1S/C13H16.C2H6/c1-4-11(2)10-12(3)13-8-6-5-7-9-13;1-2/h5-10H,3-4H2,1-2H3;1-2H3/b11-10+;. The van der Waals surface area contributed by atoms with Crippen LogP contribution in [0, 0.1) is 0 Å². The fourth-order valence-corrected chi connectivity index (χ4v) is 1.14. The number of hydrogen-bond donors (Lipinski definition) is 0. The number of rotatable bonds is 3. The average Bonchev–Trinajstić information content (AvgIpc) is 2.32. The van der Waals surface area contributed by atoms with E-state index in [0.29, 0.717) is 0 Å². The molecular weight excluding hydrogens is 180 g/mol. The van der Waals surface area contributed by atoms with Gasteiger partial charge in [0.25, 0.3) is 0 Å². The van der Waals surface area contributed by atoms with Gasteiger partial charge >= 0.3 is 0 Å². The molecule has 0 bridgehead atoms. The number of allylic oxidation sites excluding steroid dienone is 3. The van der Waals surface area contributed by atoms with Crippen LogP contribution in [0.1, 0.15) is 39.7 Å². The van der Waals surface area contributed by atoms with Crippen molar-refractivity contribution in [1.82, 2.24) is 0 Å². The highest BCUT2D eigenvalue weighted by Gasteiger charge is 1.93. The van der Waals surface area contributed by atoms with Gasteiger partial charge in [0.05, 0.1) is 0 Å². The van der Waals surface area contributed by atoms with Gasteiger partial charge in [-0.2, -0.15) is 0 Å². The summed E-state index contributed by atoms with van der Waals surface area (Å²) in [6.07, 6.45) is 3.24. The second-order valence-corrected chi connectivity index (χ2v) is 3.24. The van der Waals surface area contributed by atoms with Gasteiger partial charge in [-0.1, -0.05) is 69.3 Å². The molecule has 0 nitrogen and oxygen atoms in total. The molecule has 0 saturated carbocycles. The quantitative estimate of drug-likeness (QED) is 0.599. The highest BCUT2D eigenvalue weighted by molar-refractivity contribution is 5.72. The maximum Gasteiger partial charge on any atom is -0.0190 e. The maximum absolute atomic E-state index is 4.04. The summed E-state index contributed by atoms with van der Waals surface area (Å²) in [7, 11) is 0. The second kappa shape index (κ2) is 8.05. The summed E-state index contributed by atoms with van der Waals surface area (Å²) in [4.78, 5) is 0. The summed E-state index contributed by atoms with van der Waals surface area (Å²) in [5.74, 6) is 0. The van der Waals surface area contributed by atoms with Gasteiger partial charge < -0.3 is 0 Å². The van der Waals surface area contributed by atoms with E-state index in [-0.39, 0.29) is 0 Å². The van der Waals surface area contributed by atoms with Gasteiger partial charge in [0.2, 0.25) is 0 Å². The molecule has 0 atom stereocenters. The van der Waals surface area contributed by atoms with Gasteiger partial charge in [0.15, 0.2) is 0 Å². The SMILES string of the molecule is C=C(/C=C(\C)CC)c1ccccc1.CC. The lowest BCUT2D eigenvalue weighted by Crippen LogP contribution is -1.79. The first-order chi connectivity index (χ1) is 7.24. The van der Waals surface area contributed by atoms with Crippen LogP contribution in [0.4, 0.5) is 0 Å². The third-order valence-electron chi connectivity index (χ3n) is 2.12. The predicted octanol–water partition coefficient (Wildman–Crippen LogP) is 5.08. The Labute approximate surface area is 94.3 Å². The van der Waals surface area contributed by atoms with Crippen molar-refractivity contribution in [3.05, 3.63) is 54.1 Å². The molecule has 82 valence electrons. The molecule has 1 rings (SSSR count). The lowest BCUT2D eigenvalue weighted by molar-refractivity contribution is 1.10. The monoisotopic (exact) mass is 202 g/mol. The zero-order valence-electron chi connectivity index (χ0n) is 10.4. The Kier molecular flexibility index (Phi) is 7.35. The molecule has 0 aliphatic carbocycles. The highest BCUT2D eigenvalue weighted by Crippen LogP contribution is 2.15. The molecule has 0 N–H and O–H groups in total. The summed E-state index contributed by atoms with van der Waals surface area (Å²) in [6.45, 7) is 12.3. The molecule has 0 heterocycles. The van der Waals surface area contributed by atoms with Crippen LogP contribution in [0.25, 0.3) is 5.57 Å². The molecule has 0 unspecified atom stereocenters. The molecule has 0 heteroatoms. The van der Waals surface area contributed by atoms with Crippen LogP contribution in [0.5, 0.6) is 0 Å². The van der Waals surface area contributed by atoms with Gasteiger partial charge in [-0.05, 0) is 24.5 Å². The molecule has 0 saturated heterocycles. The highest BCUT2D eigenvalue weighted by atomic mass is 14.0. The molecule has 0 aliphatic rings.